The molecule has 1 aliphatic heterocycles. The second-order valence-electron chi connectivity index (χ2n) is 7.32. The van der Waals surface area contributed by atoms with Gasteiger partial charge in [-0.25, -0.2) is 13.2 Å². The Bertz CT molecular complexity index is 982. The number of halogens is 6. The Kier molecular flexibility index (Phi) is 7.05. The second-order valence-corrected chi connectivity index (χ2v) is 7.32. The van der Waals surface area contributed by atoms with Gasteiger partial charge in [0, 0.05) is 31.6 Å². The minimum absolute atomic E-state index is 0.0415. The number of nitrogens with one attached hydrogen (secondary N) is 1. The van der Waals surface area contributed by atoms with Gasteiger partial charge < -0.3 is 20.3 Å². The number of benzene rings is 1. The van der Waals surface area contributed by atoms with Crippen molar-refractivity contribution in [1.29, 1.82) is 0 Å². The van der Waals surface area contributed by atoms with Crippen LogP contribution < -0.4 is 11.1 Å². The van der Waals surface area contributed by atoms with Crippen molar-refractivity contribution in [1.82, 2.24) is 25.0 Å². The molecule has 32 heavy (non-hydrogen) atoms. The number of nitrogens with zero attached hydrogens (tertiary/aromatic N) is 4. The van der Waals surface area contributed by atoms with E-state index in [0.717, 1.165) is 4.57 Å². The van der Waals surface area contributed by atoms with Crippen LogP contribution in [0.3, 0.4) is 0 Å². The molecule has 0 fully saturated rings. The maximum Gasteiger partial charge on any atom is 0.451 e. The smallest absolute Gasteiger partial charge is 0.393 e. The first-order valence-electron chi connectivity index (χ1n) is 9.52. The van der Waals surface area contributed by atoms with E-state index in [2.05, 4.69) is 15.5 Å². The molecule has 0 unspecified atom stereocenters. The van der Waals surface area contributed by atoms with Crippen molar-refractivity contribution < 1.29 is 36.2 Å². The lowest BCUT2D eigenvalue weighted by atomic mass is 10.0. The van der Waals surface area contributed by atoms with E-state index in [4.69, 9.17) is 10.8 Å². The minimum Gasteiger partial charge on any atom is -0.393 e. The molecule has 0 saturated carbocycles. The number of aromatic nitrogens is 3. The first-order valence-corrected chi connectivity index (χ1v) is 9.52. The first-order chi connectivity index (χ1) is 15.0. The van der Waals surface area contributed by atoms with Crippen molar-refractivity contribution in [2.75, 3.05) is 13.2 Å². The number of carbonyl (C=O) groups is 1. The third kappa shape index (κ3) is 5.37. The molecule has 8 nitrogen and oxygen atoms in total. The molecule has 14 heteroatoms. The molecule has 2 atom stereocenters. The summed E-state index contributed by atoms with van der Waals surface area (Å²) >= 11 is 0. The zero-order valence-electron chi connectivity index (χ0n) is 16.5. The van der Waals surface area contributed by atoms with E-state index < -0.39 is 54.2 Å². The molecule has 0 aliphatic carbocycles. The van der Waals surface area contributed by atoms with Crippen LogP contribution in [-0.2, 0) is 30.5 Å². The largest absolute Gasteiger partial charge is 0.451 e. The Labute approximate surface area is 178 Å². The molecule has 0 bridgehead atoms. The molecule has 176 valence electrons. The number of carbonyl (C=O) groups excluding carboxylic acids is 1. The molecule has 0 saturated heterocycles. The fraction of sp³-hybridized carbons (Fsp3) is 0.500. The number of aliphatic hydroxyl groups is 1. The average Bonchev–Trinajstić information content (AvgIpc) is 3.15. The number of hydrogen-bond acceptors (Lipinski definition) is 6. The van der Waals surface area contributed by atoms with Gasteiger partial charge in [0.1, 0.15) is 5.82 Å². The molecule has 2 heterocycles. The quantitative estimate of drug-likeness (QED) is 0.318. The minimum atomic E-state index is -4.68. The summed E-state index contributed by atoms with van der Waals surface area (Å²) in [5, 5.41) is 18.5. The van der Waals surface area contributed by atoms with E-state index in [1.54, 1.807) is 0 Å². The van der Waals surface area contributed by atoms with Gasteiger partial charge in [-0.05, 0) is 18.1 Å². The maximum absolute atomic E-state index is 14.0. The highest BCUT2D eigenvalue weighted by Gasteiger charge is 2.40. The third-order valence-electron chi connectivity index (χ3n) is 4.98. The first kappa shape index (κ1) is 23.9. The highest BCUT2D eigenvalue weighted by molar-refractivity contribution is 5.77. The van der Waals surface area contributed by atoms with E-state index in [9.17, 15) is 31.1 Å². The number of rotatable bonds is 7. The van der Waals surface area contributed by atoms with Crippen LogP contribution in [0.25, 0.3) is 0 Å². The van der Waals surface area contributed by atoms with Crippen LogP contribution in [0.4, 0.5) is 26.3 Å². The monoisotopic (exact) mass is 466 g/mol. The SMILES string of the molecule is N[C@@H](CO)N[C@@H](CC(=O)N1CCn2c(nnc2C(F)(F)F)C1)Cc1cc(F)c(F)cc1F. The van der Waals surface area contributed by atoms with Gasteiger partial charge in [-0.3, -0.25) is 10.1 Å². The van der Waals surface area contributed by atoms with Crippen molar-refractivity contribution in [2.24, 2.45) is 5.73 Å². The van der Waals surface area contributed by atoms with E-state index >= 15 is 0 Å². The lowest BCUT2D eigenvalue weighted by molar-refractivity contribution is -0.148. The van der Waals surface area contributed by atoms with Gasteiger partial charge in [0.15, 0.2) is 17.5 Å². The topological polar surface area (TPSA) is 109 Å². The molecule has 1 amide bonds. The van der Waals surface area contributed by atoms with Crippen molar-refractivity contribution in [3.05, 3.63) is 46.8 Å². The molecular formula is C18H20F6N6O2. The Morgan fingerprint density at radius 2 is 1.84 bits per heavy atom. The summed E-state index contributed by atoms with van der Waals surface area (Å²) in [6, 6.07) is 0.163. The van der Waals surface area contributed by atoms with E-state index in [1.165, 1.54) is 4.90 Å². The number of amides is 1. The zero-order chi connectivity index (χ0) is 23.6. The number of hydrogen-bond donors (Lipinski definition) is 3. The molecule has 2 aromatic rings. The lowest BCUT2D eigenvalue weighted by Crippen LogP contribution is -2.50. The van der Waals surface area contributed by atoms with Gasteiger partial charge in [0.2, 0.25) is 11.7 Å². The van der Waals surface area contributed by atoms with Gasteiger partial charge in [0.05, 0.1) is 19.3 Å². The van der Waals surface area contributed by atoms with Gasteiger partial charge in [-0.15, -0.1) is 10.2 Å². The Hall–Kier alpha value is -2.71. The summed E-state index contributed by atoms with van der Waals surface area (Å²) < 4.78 is 80.5. The summed E-state index contributed by atoms with van der Waals surface area (Å²) in [6.07, 6.45) is -6.22. The molecular weight excluding hydrogens is 446 g/mol. The molecule has 1 aromatic heterocycles. The number of nitrogens with two attached hydrogens (primary N) is 1. The van der Waals surface area contributed by atoms with Crippen molar-refractivity contribution in [3.63, 3.8) is 0 Å². The molecule has 0 spiro atoms. The molecule has 4 N–H and O–H groups in total. The van der Waals surface area contributed by atoms with Gasteiger partial charge in [0.25, 0.3) is 0 Å². The van der Waals surface area contributed by atoms with Crippen molar-refractivity contribution in [3.8, 4) is 0 Å². The summed E-state index contributed by atoms with van der Waals surface area (Å²) in [4.78, 5) is 14.0. The Balaban J connectivity index is 1.73. The van der Waals surface area contributed by atoms with E-state index in [1.807, 2.05) is 0 Å². The number of fused-ring (bicyclic) bond motifs is 1. The highest BCUT2D eigenvalue weighted by atomic mass is 19.4. The van der Waals surface area contributed by atoms with Crippen molar-refractivity contribution >= 4 is 5.91 Å². The number of alkyl halides is 3. The Morgan fingerprint density at radius 1 is 1.16 bits per heavy atom. The fourth-order valence-electron chi connectivity index (χ4n) is 3.45. The second kappa shape index (κ2) is 9.42. The summed E-state index contributed by atoms with van der Waals surface area (Å²) in [5.41, 5.74) is 5.42. The van der Waals surface area contributed by atoms with Gasteiger partial charge in [-0.1, -0.05) is 0 Å². The molecule has 0 radical (unpaired) electrons. The molecule has 1 aliphatic rings. The van der Waals surface area contributed by atoms with Crippen LogP contribution in [-0.4, -0.2) is 56.0 Å². The predicted molar refractivity (Wildman–Crippen MR) is 97.1 cm³/mol. The van der Waals surface area contributed by atoms with Crippen LogP contribution in [0.5, 0.6) is 0 Å². The predicted octanol–water partition coefficient (Wildman–Crippen LogP) is 0.924. The van der Waals surface area contributed by atoms with Crippen LogP contribution >= 0.6 is 0 Å². The molecule has 3 rings (SSSR count). The summed E-state index contributed by atoms with van der Waals surface area (Å²) in [5.74, 6) is -5.37. The lowest BCUT2D eigenvalue weighted by Gasteiger charge is -2.30. The van der Waals surface area contributed by atoms with Crippen LogP contribution in [0, 0.1) is 17.5 Å². The van der Waals surface area contributed by atoms with Crippen LogP contribution in [0.2, 0.25) is 0 Å². The van der Waals surface area contributed by atoms with Crippen LogP contribution in [0.15, 0.2) is 12.1 Å². The number of aliphatic hydroxyl groups excluding tert-OH is 1. The van der Waals surface area contributed by atoms with Crippen LogP contribution in [0.1, 0.15) is 23.6 Å². The zero-order valence-corrected chi connectivity index (χ0v) is 16.5. The van der Waals surface area contributed by atoms with Gasteiger partial charge >= 0.3 is 6.18 Å². The maximum atomic E-state index is 14.0. The summed E-state index contributed by atoms with van der Waals surface area (Å²) in [7, 11) is 0. The average molecular weight is 466 g/mol. The standard InChI is InChI=1S/C18H20F6N6O2/c19-11-6-13(21)12(20)4-9(11)3-10(26-14(25)8-31)5-16(32)29-1-2-30-15(7-29)27-28-17(30)18(22,23)24/h4,6,10,14,26,31H,1-3,5,7-8,25H2/t10-,14-/m1/s1. The highest BCUT2D eigenvalue weighted by Crippen LogP contribution is 2.29. The van der Waals surface area contributed by atoms with Gasteiger partial charge in [-0.2, -0.15) is 13.2 Å². The third-order valence-corrected chi connectivity index (χ3v) is 4.98. The molecule has 1 aromatic carbocycles. The Morgan fingerprint density at radius 3 is 2.50 bits per heavy atom. The summed E-state index contributed by atoms with van der Waals surface area (Å²) in [6.45, 7) is -0.960. The van der Waals surface area contributed by atoms with E-state index in [-0.39, 0.29) is 43.9 Å². The van der Waals surface area contributed by atoms with E-state index in [0.29, 0.717) is 12.1 Å². The van der Waals surface area contributed by atoms with Crippen molar-refractivity contribution in [2.45, 2.75) is 44.3 Å². The fourth-order valence-corrected chi connectivity index (χ4v) is 3.45. The normalized spacial score (nSPS) is 16.1.